The highest BCUT2D eigenvalue weighted by molar-refractivity contribution is 7.16. The van der Waals surface area contributed by atoms with Crippen LogP contribution >= 0.6 is 11.3 Å². The normalized spacial score (nSPS) is 22.2. The molecule has 0 radical (unpaired) electrons. The fraction of sp³-hybridized carbons (Fsp3) is 0.444. The van der Waals surface area contributed by atoms with Crippen LogP contribution in [0, 0.1) is 5.41 Å². The van der Waals surface area contributed by atoms with Crippen molar-refractivity contribution in [2.45, 2.75) is 51.2 Å². The monoisotopic (exact) mass is 690 g/mol. The standard InChI is InChI=1S/C36H38N10O3S/c1-43-22-40-33(42-43)27-19-39-34(50-27)23-9-13-45(14-10-23)30(47)20-44-15-11-36(21-44)12-16-46(35(36)48)28-7-5-25-18-38-31(32(25)41-28)24-6-8-29(37-17-24)49-26-3-2-4-26/h5-9,17,19,22,26H,2-4,10-16,18,20-21H2,1H3/t36-/m0/s1. The first-order chi connectivity index (χ1) is 24.4. The number of thiazole rings is 1. The first-order valence-electron chi connectivity index (χ1n) is 17.4. The Morgan fingerprint density at radius 3 is 2.72 bits per heavy atom. The molecule has 8 heterocycles. The lowest BCUT2D eigenvalue weighted by Gasteiger charge is -2.28. The number of carbonyl (C=O) groups excluding carboxylic acids is 2. The number of aryl methyl sites for hydroxylation is 1. The summed E-state index contributed by atoms with van der Waals surface area (Å²) in [7, 11) is 1.85. The van der Waals surface area contributed by atoms with Gasteiger partial charge in [-0.25, -0.2) is 19.9 Å². The van der Waals surface area contributed by atoms with Gasteiger partial charge in [-0.05, 0) is 62.8 Å². The van der Waals surface area contributed by atoms with Crippen molar-refractivity contribution >= 4 is 40.3 Å². The molecule has 0 N–H and O–H groups in total. The molecule has 1 saturated carbocycles. The summed E-state index contributed by atoms with van der Waals surface area (Å²) in [4.78, 5) is 57.5. The first kappa shape index (κ1) is 31.2. The molecule has 2 saturated heterocycles. The molecule has 256 valence electrons. The third kappa shape index (κ3) is 5.69. The van der Waals surface area contributed by atoms with Crippen molar-refractivity contribution in [1.29, 1.82) is 0 Å². The van der Waals surface area contributed by atoms with Crippen molar-refractivity contribution in [3.05, 3.63) is 70.9 Å². The minimum Gasteiger partial charge on any atom is -0.474 e. The van der Waals surface area contributed by atoms with Gasteiger partial charge in [-0.1, -0.05) is 12.1 Å². The van der Waals surface area contributed by atoms with Crippen LogP contribution in [-0.4, -0.2) is 102 Å². The Kier molecular flexibility index (Phi) is 7.80. The van der Waals surface area contributed by atoms with E-state index in [0.29, 0.717) is 56.8 Å². The number of carbonyl (C=O) groups is 2. The number of aromatic nitrogens is 6. The lowest BCUT2D eigenvalue weighted by molar-refractivity contribution is -0.132. The van der Waals surface area contributed by atoms with Gasteiger partial charge in [0, 0.05) is 62.8 Å². The van der Waals surface area contributed by atoms with Crippen molar-refractivity contribution in [1.82, 2.24) is 39.5 Å². The van der Waals surface area contributed by atoms with Gasteiger partial charge in [0.2, 0.25) is 17.7 Å². The van der Waals surface area contributed by atoms with Gasteiger partial charge >= 0.3 is 0 Å². The van der Waals surface area contributed by atoms with E-state index in [-0.39, 0.29) is 17.9 Å². The average molecular weight is 691 g/mol. The number of fused-ring (bicyclic) bond motifs is 1. The van der Waals surface area contributed by atoms with Crippen molar-refractivity contribution < 1.29 is 14.3 Å². The maximum atomic E-state index is 14.0. The molecule has 4 aromatic heterocycles. The molecule has 1 spiro atoms. The lowest BCUT2D eigenvalue weighted by Crippen LogP contribution is -2.43. The maximum Gasteiger partial charge on any atom is 0.237 e. The number of rotatable bonds is 8. The van der Waals surface area contributed by atoms with Gasteiger partial charge in [0.25, 0.3) is 0 Å². The molecule has 9 rings (SSSR count). The Labute approximate surface area is 293 Å². The van der Waals surface area contributed by atoms with Crippen LogP contribution in [0.2, 0.25) is 0 Å². The van der Waals surface area contributed by atoms with Crippen molar-refractivity contribution in [2.75, 3.05) is 44.2 Å². The number of aliphatic imine (C=N–C) groups is 1. The predicted octanol–water partition coefficient (Wildman–Crippen LogP) is 3.76. The number of amides is 2. The van der Waals surface area contributed by atoms with Gasteiger partial charge in [-0.2, -0.15) is 5.10 Å². The van der Waals surface area contributed by atoms with Gasteiger partial charge in [0.1, 0.15) is 23.3 Å². The summed E-state index contributed by atoms with van der Waals surface area (Å²) in [5.74, 6) is 2.17. The van der Waals surface area contributed by atoms with Gasteiger partial charge in [0.15, 0.2) is 5.82 Å². The van der Waals surface area contributed by atoms with E-state index < -0.39 is 5.41 Å². The number of hydrogen-bond acceptors (Lipinski definition) is 11. The maximum absolute atomic E-state index is 14.0. The summed E-state index contributed by atoms with van der Waals surface area (Å²) in [5, 5.41) is 5.32. The number of hydrogen-bond donors (Lipinski definition) is 0. The molecule has 0 unspecified atom stereocenters. The second-order valence-electron chi connectivity index (χ2n) is 13.9. The average Bonchev–Trinajstić information content (AvgIpc) is 3.96. The molecule has 0 aromatic carbocycles. The smallest absolute Gasteiger partial charge is 0.237 e. The van der Waals surface area contributed by atoms with Crippen molar-refractivity contribution in [2.24, 2.45) is 17.5 Å². The van der Waals surface area contributed by atoms with E-state index in [1.54, 1.807) is 28.5 Å². The minimum atomic E-state index is -0.488. The molecule has 3 fully saturated rings. The Morgan fingerprint density at radius 2 is 1.96 bits per heavy atom. The topological polar surface area (TPSA) is 135 Å². The second-order valence-corrected chi connectivity index (χ2v) is 15.0. The molecule has 50 heavy (non-hydrogen) atoms. The number of nitrogens with zero attached hydrogens (tertiary/aromatic N) is 10. The van der Waals surface area contributed by atoms with E-state index in [9.17, 15) is 9.59 Å². The van der Waals surface area contributed by atoms with Gasteiger partial charge in [-0.3, -0.25) is 29.1 Å². The zero-order valence-corrected chi connectivity index (χ0v) is 28.8. The van der Waals surface area contributed by atoms with Crippen LogP contribution < -0.4 is 9.64 Å². The predicted molar refractivity (Wildman–Crippen MR) is 188 cm³/mol. The second kappa shape index (κ2) is 12.5. The molecule has 13 nitrogen and oxygen atoms in total. The fourth-order valence-corrected chi connectivity index (χ4v) is 8.47. The molecule has 1 aliphatic carbocycles. The summed E-state index contributed by atoms with van der Waals surface area (Å²) >= 11 is 1.58. The molecule has 4 aliphatic heterocycles. The van der Waals surface area contributed by atoms with Crippen molar-refractivity contribution in [3.8, 4) is 16.6 Å². The molecular formula is C36H38N10O3S. The van der Waals surface area contributed by atoms with E-state index >= 15 is 0 Å². The minimum absolute atomic E-state index is 0.0985. The van der Waals surface area contributed by atoms with Gasteiger partial charge < -0.3 is 9.64 Å². The Morgan fingerprint density at radius 1 is 1.06 bits per heavy atom. The molecular weight excluding hydrogens is 653 g/mol. The van der Waals surface area contributed by atoms with Crippen LogP contribution in [-0.2, 0) is 23.2 Å². The highest BCUT2D eigenvalue weighted by Crippen LogP contribution is 2.42. The highest BCUT2D eigenvalue weighted by atomic mass is 32.1. The molecule has 0 bridgehead atoms. The molecule has 4 aromatic rings. The van der Waals surface area contributed by atoms with Crippen LogP contribution in [0.25, 0.3) is 16.3 Å². The van der Waals surface area contributed by atoms with E-state index in [0.717, 1.165) is 76.6 Å². The molecule has 14 heteroatoms. The van der Waals surface area contributed by atoms with E-state index in [1.807, 2.05) is 47.3 Å². The summed E-state index contributed by atoms with van der Waals surface area (Å²) in [6, 6.07) is 7.88. The Hall–Kier alpha value is -4.82. The fourth-order valence-electron chi connectivity index (χ4n) is 7.55. The summed E-state index contributed by atoms with van der Waals surface area (Å²) < 4.78 is 7.61. The van der Waals surface area contributed by atoms with Crippen LogP contribution in [0.5, 0.6) is 5.88 Å². The van der Waals surface area contributed by atoms with Crippen LogP contribution in [0.4, 0.5) is 5.82 Å². The number of ether oxygens (including phenoxy) is 1. The third-order valence-electron chi connectivity index (χ3n) is 10.7. The number of likely N-dealkylation sites (tertiary alicyclic amines) is 1. The Balaban J connectivity index is 0.815. The molecule has 2 amide bonds. The van der Waals surface area contributed by atoms with Crippen LogP contribution in [0.3, 0.4) is 0 Å². The summed E-state index contributed by atoms with van der Waals surface area (Å²) in [5.41, 5.74) is 4.21. The van der Waals surface area contributed by atoms with E-state index in [2.05, 4.69) is 31.0 Å². The highest BCUT2D eigenvalue weighted by Gasteiger charge is 2.51. The lowest BCUT2D eigenvalue weighted by atomic mass is 9.85. The van der Waals surface area contributed by atoms with E-state index in [4.69, 9.17) is 14.7 Å². The van der Waals surface area contributed by atoms with Crippen molar-refractivity contribution in [3.63, 3.8) is 0 Å². The van der Waals surface area contributed by atoms with Gasteiger partial charge in [0.05, 0.1) is 34.8 Å². The quantitative estimate of drug-likeness (QED) is 0.271. The zero-order valence-electron chi connectivity index (χ0n) is 28.0. The number of pyridine rings is 2. The van der Waals surface area contributed by atoms with Crippen LogP contribution in [0.15, 0.2) is 54.1 Å². The SMILES string of the molecule is Cn1cnc(-c2cnc(C3=CCN(C(=O)CN4CC[C@]5(CCN(c6ccc7c(n6)C(c6ccc(OC8CCC8)nc6)=NC7)C5=O)C4)CC3)s2)n1. The van der Waals surface area contributed by atoms with Crippen LogP contribution in [0.1, 0.15) is 60.4 Å². The molecule has 5 aliphatic rings. The van der Waals surface area contributed by atoms with E-state index in [1.165, 1.54) is 6.42 Å². The third-order valence-corrected chi connectivity index (χ3v) is 11.8. The zero-order chi connectivity index (χ0) is 33.8. The summed E-state index contributed by atoms with van der Waals surface area (Å²) in [6.07, 6.45) is 13.3. The Bertz CT molecular complexity index is 2030. The van der Waals surface area contributed by atoms with Gasteiger partial charge in [-0.15, -0.1) is 11.3 Å². The largest absolute Gasteiger partial charge is 0.474 e. The summed E-state index contributed by atoms with van der Waals surface area (Å²) in [6.45, 7) is 4.01. The first-order valence-corrected chi connectivity index (χ1v) is 18.2. The molecule has 1 atom stereocenters. The number of anilines is 1.